The number of rotatable bonds is 4. The van der Waals surface area contributed by atoms with E-state index in [4.69, 9.17) is 0 Å². The number of aliphatic hydroxyl groups is 2. The Morgan fingerprint density at radius 2 is 1.60 bits per heavy atom. The Hall–Kier alpha value is -1.84. The molecule has 1 aliphatic carbocycles. The largest absolute Gasteiger partial charge is 0.394 e. The number of anilines is 1. The zero-order valence-electron chi connectivity index (χ0n) is 14.6. The van der Waals surface area contributed by atoms with Gasteiger partial charge in [-0.1, -0.05) is 67.8 Å². The van der Waals surface area contributed by atoms with Crippen LogP contribution in [0.1, 0.15) is 49.3 Å². The number of para-hydroxylation sites is 1. The molecule has 1 fully saturated rings. The molecule has 1 spiro atoms. The zero-order chi connectivity index (χ0) is 17.3. The molecule has 0 radical (unpaired) electrons. The summed E-state index contributed by atoms with van der Waals surface area (Å²) in [5.74, 6) is 0. The van der Waals surface area contributed by atoms with Crippen molar-refractivity contribution in [1.82, 2.24) is 0 Å². The first-order valence-corrected chi connectivity index (χ1v) is 9.45. The fraction of sp³-hybridized carbons (Fsp3) is 0.455. The highest BCUT2D eigenvalue weighted by Crippen LogP contribution is 2.51. The van der Waals surface area contributed by atoms with E-state index in [0.29, 0.717) is 0 Å². The SMILES string of the molecule is OC[C@@H](O)[C@H](c1ccccc1)N1CC2(CCCCC2)c2ccccc21. The van der Waals surface area contributed by atoms with Crippen LogP contribution in [0.25, 0.3) is 0 Å². The molecule has 0 amide bonds. The van der Waals surface area contributed by atoms with Crippen LogP contribution in [0.5, 0.6) is 0 Å². The average Bonchev–Trinajstić information content (AvgIpc) is 2.97. The molecule has 0 bridgehead atoms. The van der Waals surface area contributed by atoms with Gasteiger partial charge in [0.2, 0.25) is 0 Å². The summed E-state index contributed by atoms with van der Waals surface area (Å²) in [6, 6.07) is 18.6. The van der Waals surface area contributed by atoms with E-state index in [2.05, 4.69) is 41.3 Å². The Bertz CT molecular complexity index is 709. The van der Waals surface area contributed by atoms with Gasteiger partial charge in [-0.25, -0.2) is 0 Å². The standard InChI is InChI=1S/C22H27NO2/c24-15-20(25)21(17-9-3-1-4-10-17)23-16-22(13-7-2-8-14-22)18-11-5-6-12-19(18)23/h1,3-6,9-12,20-21,24-25H,2,7-8,13-16H2/t20-,21+/m1/s1. The van der Waals surface area contributed by atoms with Crippen molar-refractivity contribution in [3.8, 4) is 0 Å². The molecule has 3 nitrogen and oxygen atoms in total. The second kappa shape index (κ2) is 6.81. The molecular weight excluding hydrogens is 310 g/mol. The number of hydrogen-bond donors (Lipinski definition) is 2. The van der Waals surface area contributed by atoms with Gasteiger partial charge in [0.1, 0.15) is 6.10 Å². The van der Waals surface area contributed by atoms with E-state index in [9.17, 15) is 10.2 Å². The van der Waals surface area contributed by atoms with Crippen LogP contribution >= 0.6 is 0 Å². The summed E-state index contributed by atoms with van der Waals surface area (Å²) in [4.78, 5) is 2.34. The molecule has 0 saturated heterocycles. The van der Waals surface area contributed by atoms with Gasteiger partial charge in [-0.2, -0.15) is 0 Å². The minimum atomic E-state index is -0.797. The first-order valence-electron chi connectivity index (χ1n) is 9.45. The number of hydrogen-bond acceptors (Lipinski definition) is 3. The lowest BCUT2D eigenvalue weighted by Crippen LogP contribution is -2.42. The first kappa shape index (κ1) is 16.6. The van der Waals surface area contributed by atoms with E-state index in [0.717, 1.165) is 12.1 Å². The summed E-state index contributed by atoms with van der Waals surface area (Å²) in [5.41, 5.74) is 3.93. The molecule has 2 N–H and O–H groups in total. The Labute approximate surface area is 149 Å². The number of benzene rings is 2. The molecule has 25 heavy (non-hydrogen) atoms. The van der Waals surface area contributed by atoms with Crippen LogP contribution in [0.4, 0.5) is 5.69 Å². The smallest absolute Gasteiger partial charge is 0.101 e. The van der Waals surface area contributed by atoms with E-state index >= 15 is 0 Å². The summed E-state index contributed by atoms with van der Waals surface area (Å²) in [6.45, 7) is 0.703. The average molecular weight is 337 g/mol. The second-order valence-corrected chi connectivity index (χ2v) is 7.59. The molecule has 1 heterocycles. The van der Waals surface area contributed by atoms with Gasteiger partial charge in [0.15, 0.2) is 0 Å². The first-order chi connectivity index (χ1) is 12.2. The third kappa shape index (κ3) is 2.86. The summed E-state index contributed by atoms with van der Waals surface area (Å²) in [5, 5.41) is 20.4. The predicted octanol–water partition coefficient (Wildman–Crippen LogP) is 3.80. The summed E-state index contributed by atoms with van der Waals surface area (Å²) < 4.78 is 0. The summed E-state index contributed by atoms with van der Waals surface area (Å²) in [7, 11) is 0. The van der Waals surface area contributed by atoms with Crippen LogP contribution in [0.2, 0.25) is 0 Å². The van der Waals surface area contributed by atoms with Crippen LogP contribution in [-0.2, 0) is 5.41 Å². The third-order valence-corrected chi connectivity index (χ3v) is 6.10. The van der Waals surface area contributed by atoms with Gasteiger partial charge in [-0.3, -0.25) is 0 Å². The maximum absolute atomic E-state index is 10.7. The summed E-state index contributed by atoms with van der Waals surface area (Å²) in [6.07, 6.45) is 5.52. The Kier molecular flexibility index (Phi) is 4.53. The lowest BCUT2D eigenvalue weighted by molar-refractivity contribution is 0.0703. The molecular formula is C22H27NO2. The molecule has 0 aromatic heterocycles. The van der Waals surface area contributed by atoms with Crippen molar-refractivity contribution in [2.24, 2.45) is 0 Å². The van der Waals surface area contributed by atoms with E-state index in [1.807, 2.05) is 18.2 Å². The maximum atomic E-state index is 10.7. The second-order valence-electron chi connectivity index (χ2n) is 7.59. The highest BCUT2D eigenvalue weighted by molar-refractivity contribution is 5.64. The topological polar surface area (TPSA) is 43.7 Å². The zero-order valence-corrected chi connectivity index (χ0v) is 14.6. The monoisotopic (exact) mass is 337 g/mol. The van der Waals surface area contributed by atoms with Crippen molar-refractivity contribution in [3.63, 3.8) is 0 Å². The van der Waals surface area contributed by atoms with Gasteiger partial charge >= 0.3 is 0 Å². The lowest BCUT2D eigenvalue weighted by atomic mass is 9.71. The molecule has 4 rings (SSSR count). The van der Waals surface area contributed by atoms with Gasteiger partial charge in [-0.05, 0) is 30.0 Å². The molecule has 2 aliphatic rings. The normalized spacial score (nSPS) is 21.1. The van der Waals surface area contributed by atoms with Crippen molar-refractivity contribution < 1.29 is 10.2 Å². The Balaban J connectivity index is 1.78. The quantitative estimate of drug-likeness (QED) is 0.892. The van der Waals surface area contributed by atoms with E-state index in [1.54, 1.807) is 0 Å². The molecule has 2 aromatic carbocycles. The van der Waals surface area contributed by atoms with Gasteiger partial charge in [0.25, 0.3) is 0 Å². The molecule has 2 aromatic rings. The molecule has 3 heteroatoms. The number of fused-ring (bicyclic) bond motifs is 2. The van der Waals surface area contributed by atoms with E-state index in [-0.39, 0.29) is 18.1 Å². The van der Waals surface area contributed by atoms with Gasteiger partial charge in [-0.15, -0.1) is 0 Å². The molecule has 1 saturated carbocycles. The van der Waals surface area contributed by atoms with Crippen LogP contribution < -0.4 is 4.90 Å². The molecule has 1 aliphatic heterocycles. The number of nitrogens with zero attached hydrogens (tertiary/aromatic N) is 1. The summed E-state index contributed by atoms with van der Waals surface area (Å²) >= 11 is 0. The fourth-order valence-electron chi connectivity index (χ4n) is 4.93. The van der Waals surface area contributed by atoms with Gasteiger partial charge < -0.3 is 15.1 Å². The van der Waals surface area contributed by atoms with Crippen molar-refractivity contribution in [1.29, 1.82) is 0 Å². The van der Waals surface area contributed by atoms with Gasteiger partial charge in [0, 0.05) is 17.6 Å². The Morgan fingerprint density at radius 3 is 2.32 bits per heavy atom. The minimum absolute atomic E-state index is 0.205. The highest BCUT2D eigenvalue weighted by Gasteiger charge is 2.46. The van der Waals surface area contributed by atoms with Crippen molar-refractivity contribution in [2.75, 3.05) is 18.1 Å². The van der Waals surface area contributed by atoms with Crippen molar-refractivity contribution in [2.45, 2.75) is 49.7 Å². The van der Waals surface area contributed by atoms with Crippen LogP contribution in [0.15, 0.2) is 54.6 Å². The van der Waals surface area contributed by atoms with Gasteiger partial charge in [0.05, 0.1) is 12.6 Å². The van der Waals surface area contributed by atoms with Crippen LogP contribution in [0.3, 0.4) is 0 Å². The Morgan fingerprint density at radius 1 is 0.920 bits per heavy atom. The van der Waals surface area contributed by atoms with Crippen molar-refractivity contribution in [3.05, 3.63) is 65.7 Å². The predicted molar refractivity (Wildman–Crippen MR) is 101 cm³/mol. The minimum Gasteiger partial charge on any atom is -0.394 e. The van der Waals surface area contributed by atoms with Crippen LogP contribution in [0, 0.1) is 0 Å². The highest BCUT2D eigenvalue weighted by atomic mass is 16.3. The van der Waals surface area contributed by atoms with E-state index < -0.39 is 6.10 Å². The molecule has 0 unspecified atom stereocenters. The molecule has 132 valence electrons. The van der Waals surface area contributed by atoms with Crippen molar-refractivity contribution >= 4 is 5.69 Å². The lowest BCUT2D eigenvalue weighted by Gasteiger charge is -2.38. The van der Waals surface area contributed by atoms with E-state index in [1.165, 1.54) is 43.4 Å². The molecule has 2 atom stereocenters. The van der Waals surface area contributed by atoms with Crippen LogP contribution in [-0.4, -0.2) is 29.5 Å². The number of aliphatic hydroxyl groups excluding tert-OH is 2. The third-order valence-electron chi connectivity index (χ3n) is 6.10. The maximum Gasteiger partial charge on any atom is 0.101 e. The fourth-order valence-corrected chi connectivity index (χ4v) is 4.93.